The number of ether oxygens (including phenoxy) is 2. The molecule has 4 rings (SSSR count). The first-order chi connectivity index (χ1) is 17.3. The van der Waals surface area contributed by atoms with Crippen molar-refractivity contribution in [2.24, 2.45) is 4.99 Å². The van der Waals surface area contributed by atoms with Gasteiger partial charge >= 0.3 is 0 Å². The van der Waals surface area contributed by atoms with Crippen molar-refractivity contribution in [1.82, 2.24) is 14.5 Å². The lowest BCUT2D eigenvalue weighted by molar-refractivity contribution is 0.0795. The number of halogens is 2. The Hall–Kier alpha value is -3.64. The zero-order valence-electron chi connectivity index (χ0n) is 18.9. The number of nitrogens with zero attached hydrogens (tertiary/aromatic N) is 4. The molecule has 12 heteroatoms. The summed E-state index contributed by atoms with van der Waals surface area (Å²) in [5, 5.41) is 0. The maximum Gasteiger partial charge on any atom is 0.272 e. The van der Waals surface area contributed by atoms with Crippen molar-refractivity contribution in [3.63, 3.8) is 0 Å². The standard InChI is InChI=1S/C24H21F2N5O3S2/c1-28-10-14-8-13(2-7-18(14)27)17-9-19-22(30-21(11-29-19)33-12-20(25)26)31(23(17)32)15-3-5-16(6-4-15)34-24(35)36/h2-11,20,24,35-36H,12,27H2,1H3. The number of anilines is 1. The molecule has 0 saturated heterocycles. The summed E-state index contributed by atoms with van der Waals surface area (Å²) in [4.78, 5) is 26.4. The van der Waals surface area contributed by atoms with E-state index in [2.05, 4.69) is 40.2 Å². The fourth-order valence-corrected chi connectivity index (χ4v) is 3.75. The molecular weight excluding hydrogens is 508 g/mol. The molecule has 8 nitrogen and oxygen atoms in total. The molecule has 0 aliphatic rings. The van der Waals surface area contributed by atoms with Crippen LogP contribution in [-0.2, 0) is 0 Å². The first-order valence-electron chi connectivity index (χ1n) is 10.6. The first kappa shape index (κ1) is 25.5. The molecule has 0 atom stereocenters. The molecule has 0 radical (unpaired) electrons. The Morgan fingerprint density at radius 1 is 1.17 bits per heavy atom. The van der Waals surface area contributed by atoms with Crippen LogP contribution in [0.5, 0.6) is 11.6 Å². The van der Waals surface area contributed by atoms with Gasteiger partial charge in [-0.25, -0.2) is 13.8 Å². The molecular formula is C24H21F2N5O3S2. The Bertz CT molecular complexity index is 1480. The van der Waals surface area contributed by atoms with Crippen molar-refractivity contribution in [2.45, 2.75) is 11.2 Å². The lowest BCUT2D eigenvalue weighted by atomic mass is 10.0. The molecule has 0 fully saturated rings. The summed E-state index contributed by atoms with van der Waals surface area (Å²) < 4.78 is 36.5. The lowest BCUT2D eigenvalue weighted by Gasteiger charge is -2.15. The number of hydrogen-bond acceptors (Lipinski definition) is 9. The molecule has 0 saturated carbocycles. The third-order valence-electron chi connectivity index (χ3n) is 5.05. The molecule has 2 heterocycles. The SMILES string of the molecule is CN=Cc1cc(-c2cc3ncc(OCC(F)F)nc3n(-c3ccc(OC(S)S)cc3)c2=O)ccc1N. The van der Waals surface area contributed by atoms with Gasteiger partial charge < -0.3 is 15.2 Å². The Morgan fingerprint density at radius 2 is 1.92 bits per heavy atom. The molecule has 2 N–H and O–H groups in total. The van der Waals surface area contributed by atoms with Crippen LogP contribution in [0.15, 0.2) is 64.5 Å². The number of nitrogen functional groups attached to an aromatic ring is 1. The number of thiol groups is 2. The summed E-state index contributed by atoms with van der Waals surface area (Å²) in [5.41, 5.74) is 8.62. The predicted octanol–water partition coefficient (Wildman–Crippen LogP) is 4.24. The number of benzene rings is 2. The highest BCUT2D eigenvalue weighted by molar-refractivity contribution is 7.98. The van der Waals surface area contributed by atoms with Gasteiger partial charge in [0.1, 0.15) is 11.3 Å². The third kappa shape index (κ3) is 5.60. The average Bonchev–Trinajstić information content (AvgIpc) is 2.84. The second kappa shape index (κ2) is 11.0. The zero-order chi connectivity index (χ0) is 25.8. The highest BCUT2D eigenvalue weighted by Crippen LogP contribution is 2.26. The highest BCUT2D eigenvalue weighted by atomic mass is 32.2. The summed E-state index contributed by atoms with van der Waals surface area (Å²) in [6.07, 6.45) is 0.144. The molecule has 0 bridgehead atoms. The van der Waals surface area contributed by atoms with Crippen LogP contribution in [0.3, 0.4) is 0 Å². The topological polar surface area (TPSA) is 105 Å². The third-order valence-corrected chi connectivity index (χ3v) is 5.26. The maximum absolute atomic E-state index is 13.8. The quantitative estimate of drug-likeness (QED) is 0.137. The number of nitrogens with two attached hydrogens (primary N) is 1. The van der Waals surface area contributed by atoms with Gasteiger partial charge in [-0.2, -0.15) is 4.98 Å². The lowest BCUT2D eigenvalue weighted by Crippen LogP contribution is -2.22. The van der Waals surface area contributed by atoms with E-state index in [9.17, 15) is 13.6 Å². The second-order valence-electron chi connectivity index (χ2n) is 7.49. The summed E-state index contributed by atoms with van der Waals surface area (Å²) in [6, 6.07) is 13.3. The first-order valence-corrected chi connectivity index (χ1v) is 11.6. The number of fused-ring (bicyclic) bond motifs is 1. The van der Waals surface area contributed by atoms with Crippen LogP contribution in [0, 0.1) is 0 Å². The number of alkyl halides is 2. The Balaban J connectivity index is 1.93. The molecule has 0 unspecified atom stereocenters. The molecule has 186 valence electrons. The van der Waals surface area contributed by atoms with E-state index in [4.69, 9.17) is 15.2 Å². The van der Waals surface area contributed by atoms with Crippen molar-refractivity contribution in [3.8, 4) is 28.4 Å². The number of rotatable bonds is 8. The van der Waals surface area contributed by atoms with E-state index in [-0.39, 0.29) is 11.5 Å². The minimum absolute atomic E-state index is 0.134. The fourth-order valence-electron chi connectivity index (χ4n) is 3.51. The largest absolute Gasteiger partial charge is 0.470 e. The maximum atomic E-state index is 13.8. The van der Waals surface area contributed by atoms with Crippen LogP contribution in [0.2, 0.25) is 0 Å². The normalized spacial score (nSPS) is 11.6. The molecule has 0 amide bonds. The van der Waals surface area contributed by atoms with Crippen molar-refractivity contribution in [1.29, 1.82) is 0 Å². The van der Waals surface area contributed by atoms with E-state index in [1.54, 1.807) is 61.8 Å². The van der Waals surface area contributed by atoms with E-state index in [0.717, 1.165) is 0 Å². The van der Waals surface area contributed by atoms with E-state index in [1.165, 1.54) is 10.8 Å². The van der Waals surface area contributed by atoms with Crippen molar-refractivity contribution in [3.05, 3.63) is 70.6 Å². The predicted molar refractivity (Wildman–Crippen MR) is 142 cm³/mol. The minimum atomic E-state index is -2.69. The van der Waals surface area contributed by atoms with Crippen LogP contribution in [0.1, 0.15) is 5.56 Å². The van der Waals surface area contributed by atoms with Crippen LogP contribution in [-0.4, -0.2) is 45.6 Å². The molecule has 36 heavy (non-hydrogen) atoms. The van der Waals surface area contributed by atoms with Crippen LogP contribution in [0.4, 0.5) is 14.5 Å². The average molecular weight is 530 g/mol. The number of pyridine rings is 1. The molecule has 0 aliphatic heterocycles. The Labute approximate surface area is 215 Å². The van der Waals surface area contributed by atoms with Gasteiger partial charge in [0, 0.05) is 30.1 Å². The van der Waals surface area contributed by atoms with Gasteiger partial charge in [0.15, 0.2) is 17.0 Å². The van der Waals surface area contributed by atoms with Crippen LogP contribution < -0.4 is 20.8 Å². The summed E-state index contributed by atoms with van der Waals surface area (Å²) in [7, 11) is 1.62. The van der Waals surface area contributed by atoms with Crippen LogP contribution in [0.25, 0.3) is 28.0 Å². The molecule has 2 aromatic heterocycles. The number of aromatic nitrogens is 3. The van der Waals surface area contributed by atoms with E-state index >= 15 is 0 Å². The van der Waals surface area contributed by atoms with Gasteiger partial charge in [-0.1, -0.05) is 6.07 Å². The molecule has 0 aliphatic carbocycles. The van der Waals surface area contributed by atoms with Gasteiger partial charge in [0.25, 0.3) is 12.0 Å². The number of aliphatic imine (C=N–C) groups is 1. The highest BCUT2D eigenvalue weighted by Gasteiger charge is 2.17. The monoisotopic (exact) mass is 529 g/mol. The van der Waals surface area contributed by atoms with Crippen molar-refractivity contribution in [2.75, 3.05) is 19.4 Å². The summed E-state index contributed by atoms with van der Waals surface area (Å²) in [5.74, 6) is 0.349. The minimum Gasteiger partial charge on any atom is -0.470 e. The van der Waals surface area contributed by atoms with Gasteiger partial charge in [-0.3, -0.25) is 14.4 Å². The van der Waals surface area contributed by atoms with E-state index < -0.39 is 23.4 Å². The fraction of sp³-hybridized carbons (Fsp3) is 0.167. The second-order valence-corrected chi connectivity index (χ2v) is 8.83. The van der Waals surface area contributed by atoms with Gasteiger partial charge in [-0.15, -0.1) is 25.3 Å². The zero-order valence-corrected chi connectivity index (χ0v) is 20.7. The Kier molecular flexibility index (Phi) is 7.75. The van der Waals surface area contributed by atoms with Crippen LogP contribution >= 0.6 is 25.3 Å². The van der Waals surface area contributed by atoms with Gasteiger partial charge in [0.2, 0.25) is 5.88 Å². The molecule has 0 spiro atoms. The smallest absolute Gasteiger partial charge is 0.272 e. The number of hydrogen-bond donors (Lipinski definition) is 3. The summed E-state index contributed by atoms with van der Waals surface area (Å²) >= 11 is 8.17. The summed E-state index contributed by atoms with van der Waals surface area (Å²) in [6.45, 7) is -0.851. The van der Waals surface area contributed by atoms with Crippen molar-refractivity contribution >= 4 is 48.3 Å². The van der Waals surface area contributed by atoms with E-state index in [1.807, 2.05) is 0 Å². The van der Waals surface area contributed by atoms with E-state index in [0.29, 0.717) is 39.3 Å². The molecule has 4 aromatic rings. The molecule has 2 aromatic carbocycles. The van der Waals surface area contributed by atoms with Gasteiger partial charge in [-0.05, 0) is 48.0 Å². The van der Waals surface area contributed by atoms with Gasteiger partial charge in [0.05, 0.1) is 11.9 Å². The van der Waals surface area contributed by atoms with Crippen molar-refractivity contribution < 1.29 is 18.3 Å². The Morgan fingerprint density at radius 3 is 2.58 bits per heavy atom.